The van der Waals surface area contributed by atoms with Crippen LogP contribution in [0, 0.1) is 0 Å². The highest BCUT2D eigenvalue weighted by atomic mass is 31.2. The number of rotatable bonds is 27. The molecule has 0 radical (unpaired) electrons. The lowest BCUT2D eigenvalue weighted by molar-refractivity contribution is -0.870. The van der Waals surface area contributed by atoms with Crippen LogP contribution < -0.4 is 5.32 Å². The van der Waals surface area contributed by atoms with Gasteiger partial charge in [0.2, 0.25) is 5.91 Å². The fraction of sp³-hybridized carbons (Fsp3) is 0.964. The lowest BCUT2D eigenvalue weighted by Crippen LogP contribution is -2.38. The van der Waals surface area contributed by atoms with Crippen LogP contribution in [0.2, 0.25) is 0 Å². The fourth-order valence-corrected chi connectivity index (χ4v) is 4.89. The van der Waals surface area contributed by atoms with Gasteiger partial charge in [-0.25, -0.2) is 4.57 Å². The molecule has 0 aromatic rings. The summed E-state index contributed by atoms with van der Waals surface area (Å²) >= 11 is 0. The second kappa shape index (κ2) is 23.4. The van der Waals surface area contributed by atoms with Gasteiger partial charge in [0.25, 0.3) is 0 Å². The molecule has 0 saturated carbocycles. The number of hydrogen-bond acceptors (Lipinski definition) is 5. The first-order valence-electron chi connectivity index (χ1n) is 14.8. The molecule has 2 atom stereocenters. The minimum Gasteiger partial charge on any atom is -0.379 e. The van der Waals surface area contributed by atoms with Crippen LogP contribution in [0.1, 0.15) is 117 Å². The Kier molecular flexibility index (Phi) is 23.1. The van der Waals surface area contributed by atoms with Gasteiger partial charge in [0, 0.05) is 20.1 Å². The quantitative estimate of drug-likeness (QED) is 0.0678. The lowest BCUT2D eigenvalue weighted by atomic mass is 10.0. The highest BCUT2D eigenvalue weighted by Crippen LogP contribution is 2.44. The number of phosphoric ester groups is 1. The Labute approximate surface area is 228 Å². The van der Waals surface area contributed by atoms with Crippen LogP contribution in [-0.2, 0) is 23.1 Å². The Hall–Kier alpha value is -0.500. The predicted octanol–water partition coefficient (Wildman–Crippen LogP) is 6.61. The molecule has 1 amide bonds. The van der Waals surface area contributed by atoms with Crippen molar-refractivity contribution in [3.05, 3.63) is 0 Å². The Bertz CT molecular complexity index is 586. The zero-order chi connectivity index (χ0) is 27.8. The van der Waals surface area contributed by atoms with Crippen molar-refractivity contribution < 1.29 is 32.5 Å². The summed E-state index contributed by atoms with van der Waals surface area (Å²) in [6.07, 6.45) is 20.4. The molecule has 0 bridgehead atoms. The molecule has 0 rings (SSSR count). The maximum absolute atomic E-state index is 12.3. The van der Waals surface area contributed by atoms with E-state index >= 15 is 0 Å². The summed E-state index contributed by atoms with van der Waals surface area (Å²) in [4.78, 5) is 21.3. The number of hydrogen-bond donors (Lipinski definition) is 2. The number of carbonyl (C=O) groups is 1. The molecule has 0 aromatic heterocycles. The normalized spacial score (nSPS) is 14.4. The summed E-state index contributed by atoms with van der Waals surface area (Å²) in [5.74, 6) is -0.231. The van der Waals surface area contributed by atoms with Crippen LogP contribution in [0.5, 0.6) is 0 Å². The molecule has 0 aliphatic carbocycles. The van der Waals surface area contributed by atoms with E-state index in [2.05, 4.69) is 12.2 Å². The SMILES string of the molecule is CCCCCCCCCCCCCCCCCCOCC(CNC(C)=O)OP(=O)(O)OCC[N+](C)(C)C. The van der Waals surface area contributed by atoms with Gasteiger partial charge in [0.1, 0.15) is 19.3 Å². The van der Waals surface area contributed by atoms with E-state index in [0.29, 0.717) is 17.6 Å². The van der Waals surface area contributed by atoms with Crippen molar-refractivity contribution in [3.8, 4) is 0 Å². The highest BCUT2D eigenvalue weighted by molar-refractivity contribution is 7.47. The number of likely N-dealkylation sites (N-methyl/N-ethyl adjacent to an activating group) is 1. The number of unbranched alkanes of at least 4 members (excludes halogenated alkanes) is 15. The molecule has 0 saturated heterocycles. The third-order valence-corrected chi connectivity index (χ3v) is 7.40. The predicted molar refractivity (Wildman–Crippen MR) is 153 cm³/mol. The number of nitrogens with zero attached hydrogens (tertiary/aromatic N) is 1. The van der Waals surface area contributed by atoms with Gasteiger partial charge < -0.3 is 19.4 Å². The highest BCUT2D eigenvalue weighted by Gasteiger charge is 2.28. The molecule has 0 aliphatic heterocycles. The number of amides is 1. The fourth-order valence-electron chi connectivity index (χ4n) is 4.00. The summed E-state index contributed by atoms with van der Waals surface area (Å²) < 4.78 is 28.9. The molecular formula is C28H60N2O6P+. The van der Waals surface area contributed by atoms with Crippen molar-refractivity contribution in [1.82, 2.24) is 5.32 Å². The minimum atomic E-state index is -4.23. The summed E-state index contributed by atoms with van der Waals surface area (Å²) in [5, 5.41) is 2.62. The van der Waals surface area contributed by atoms with Gasteiger partial charge in [-0.1, -0.05) is 103 Å². The molecule has 37 heavy (non-hydrogen) atoms. The molecule has 0 aromatic carbocycles. The topological polar surface area (TPSA) is 94.1 Å². The van der Waals surface area contributed by atoms with E-state index in [-0.39, 0.29) is 25.7 Å². The maximum Gasteiger partial charge on any atom is 0.472 e. The average molecular weight is 552 g/mol. The maximum atomic E-state index is 12.3. The van der Waals surface area contributed by atoms with E-state index in [1.807, 2.05) is 21.1 Å². The minimum absolute atomic E-state index is 0.0948. The Morgan fingerprint density at radius 2 is 1.27 bits per heavy atom. The largest absolute Gasteiger partial charge is 0.472 e. The van der Waals surface area contributed by atoms with Gasteiger partial charge in [-0.3, -0.25) is 13.8 Å². The standard InChI is InChI=1S/C28H59N2O6P/c1-6-7-8-9-10-11-12-13-14-15-16-17-18-19-20-21-23-34-26-28(25-29-27(2)31)36-37(32,33)35-24-22-30(3,4)5/h28H,6-26H2,1-5H3,(H-,29,31,32,33)/p+1. The second-order valence-electron chi connectivity index (χ2n) is 11.4. The van der Waals surface area contributed by atoms with E-state index in [0.717, 1.165) is 12.8 Å². The molecule has 2 unspecified atom stereocenters. The smallest absolute Gasteiger partial charge is 0.379 e. The first kappa shape index (κ1) is 36.5. The summed E-state index contributed by atoms with van der Waals surface area (Å²) in [5.41, 5.74) is 0. The van der Waals surface area contributed by atoms with Gasteiger partial charge in [0.05, 0.1) is 27.7 Å². The van der Waals surface area contributed by atoms with Crippen LogP contribution in [0.25, 0.3) is 0 Å². The van der Waals surface area contributed by atoms with Gasteiger partial charge in [-0.05, 0) is 6.42 Å². The molecule has 222 valence electrons. The third kappa shape index (κ3) is 28.3. The van der Waals surface area contributed by atoms with Crippen LogP contribution in [0.3, 0.4) is 0 Å². The molecule has 0 spiro atoms. The van der Waals surface area contributed by atoms with Gasteiger partial charge in [-0.2, -0.15) is 0 Å². The molecule has 0 fully saturated rings. The molecule has 9 heteroatoms. The molecular weight excluding hydrogens is 491 g/mol. The van der Waals surface area contributed by atoms with E-state index in [1.54, 1.807) is 0 Å². The Morgan fingerprint density at radius 3 is 1.70 bits per heavy atom. The monoisotopic (exact) mass is 551 g/mol. The van der Waals surface area contributed by atoms with Gasteiger partial charge in [0.15, 0.2) is 0 Å². The molecule has 8 nitrogen and oxygen atoms in total. The van der Waals surface area contributed by atoms with E-state index in [9.17, 15) is 14.3 Å². The van der Waals surface area contributed by atoms with Crippen molar-refractivity contribution in [2.45, 2.75) is 123 Å². The van der Waals surface area contributed by atoms with Crippen LogP contribution >= 0.6 is 7.82 Å². The average Bonchev–Trinajstić information content (AvgIpc) is 2.80. The summed E-state index contributed by atoms with van der Waals surface area (Å²) in [6, 6.07) is 0. The number of quaternary nitrogens is 1. The Balaban J connectivity index is 3.79. The van der Waals surface area contributed by atoms with Gasteiger partial charge >= 0.3 is 7.82 Å². The van der Waals surface area contributed by atoms with Crippen LogP contribution in [0.15, 0.2) is 0 Å². The second-order valence-corrected chi connectivity index (χ2v) is 12.8. The van der Waals surface area contributed by atoms with E-state index in [1.165, 1.54) is 96.8 Å². The molecule has 0 aliphatic rings. The lowest BCUT2D eigenvalue weighted by Gasteiger charge is -2.25. The van der Waals surface area contributed by atoms with Crippen molar-refractivity contribution >= 4 is 13.7 Å². The van der Waals surface area contributed by atoms with Crippen molar-refractivity contribution in [2.24, 2.45) is 0 Å². The van der Waals surface area contributed by atoms with Crippen molar-refractivity contribution in [2.75, 3.05) is 54.1 Å². The summed E-state index contributed by atoms with van der Waals surface area (Å²) in [7, 11) is 1.68. The summed E-state index contributed by atoms with van der Waals surface area (Å²) in [6.45, 7) is 5.12. The first-order chi connectivity index (χ1) is 17.6. The number of carbonyl (C=O) groups excluding carboxylic acids is 1. The first-order valence-corrected chi connectivity index (χ1v) is 16.3. The van der Waals surface area contributed by atoms with Crippen LogP contribution in [-0.4, -0.2) is 75.4 Å². The zero-order valence-electron chi connectivity index (χ0n) is 24.8. The molecule has 2 N–H and O–H groups in total. The van der Waals surface area contributed by atoms with Crippen molar-refractivity contribution in [1.29, 1.82) is 0 Å². The number of nitrogens with one attached hydrogen (secondary N) is 1. The van der Waals surface area contributed by atoms with Crippen LogP contribution in [0.4, 0.5) is 0 Å². The zero-order valence-corrected chi connectivity index (χ0v) is 25.7. The number of ether oxygens (including phenoxy) is 1. The van der Waals surface area contributed by atoms with Gasteiger partial charge in [-0.15, -0.1) is 0 Å². The third-order valence-electron chi connectivity index (χ3n) is 6.32. The Morgan fingerprint density at radius 1 is 0.811 bits per heavy atom. The molecule has 0 heterocycles. The van der Waals surface area contributed by atoms with Crippen molar-refractivity contribution in [3.63, 3.8) is 0 Å². The number of phosphoric acid groups is 1. The van der Waals surface area contributed by atoms with E-state index in [4.69, 9.17) is 13.8 Å². The van der Waals surface area contributed by atoms with E-state index < -0.39 is 13.9 Å².